The van der Waals surface area contributed by atoms with Crippen molar-refractivity contribution in [3.63, 3.8) is 0 Å². The number of nitrogens with zero attached hydrogens (tertiary/aromatic N) is 1. The third kappa shape index (κ3) is 6.74. The lowest BCUT2D eigenvalue weighted by atomic mass is 10.0. The van der Waals surface area contributed by atoms with E-state index in [1.807, 2.05) is 0 Å². The molecule has 0 bridgehead atoms. The van der Waals surface area contributed by atoms with Crippen molar-refractivity contribution in [3.05, 3.63) is 23.1 Å². The Bertz CT molecular complexity index is 817. The molecule has 0 spiro atoms. The van der Waals surface area contributed by atoms with Gasteiger partial charge in [0.15, 0.2) is 10.3 Å². The summed E-state index contributed by atoms with van der Waals surface area (Å²) in [5, 5.41) is 7.26. The van der Waals surface area contributed by atoms with Crippen LogP contribution in [0.3, 0.4) is 0 Å². The van der Waals surface area contributed by atoms with Gasteiger partial charge in [-0.3, -0.25) is 4.72 Å². The number of alkyl halides is 2. The molecule has 0 radical (unpaired) electrons. The number of nitrogens with one attached hydrogen (secondary N) is 4. The minimum absolute atomic E-state index is 0.0826. The molecular weight excluding hydrogens is 456 g/mol. The molecule has 1 aromatic heterocycles. The molecule has 30 heavy (non-hydrogen) atoms. The lowest BCUT2D eigenvalue weighted by Crippen LogP contribution is -2.42. The summed E-state index contributed by atoms with van der Waals surface area (Å²) >= 11 is 6.86. The summed E-state index contributed by atoms with van der Waals surface area (Å²) in [6, 6.07) is 0.572. The molecule has 1 aliphatic carbocycles. The van der Waals surface area contributed by atoms with Crippen LogP contribution in [0.2, 0.25) is 0 Å². The lowest BCUT2D eigenvalue weighted by Gasteiger charge is -2.29. The third-order valence-corrected chi connectivity index (χ3v) is 8.21. The molecule has 12 heteroatoms. The molecule has 1 aromatic rings. The van der Waals surface area contributed by atoms with Gasteiger partial charge in [-0.05, 0) is 51.3 Å². The fourth-order valence-electron chi connectivity index (χ4n) is 3.63. The van der Waals surface area contributed by atoms with Crippen LogP contribution < -0.4 is 20.7 Å². The highest BCUT2D eigenvalue weighted by molar-refractivity contribution is 7.93. The number of sulfonamides is 1. The van der Waals surface area contributed by atoms with Gasteiger partial charge in [0.25, 0.3) is 0 Å². The number of thiazole rings is 1. The summed E-state index contributed by atoms with van der Waals surface area (Å²) in [4.78, 5) is 3.61. The van der Waals surface area contributed by atoms with Crippen molar-refractivity contribution in [2.45, 2.75) is 54.9 Å². The lowest BCUT2D eigenvalue weighted by molar-refractivity contribution is 0.352. The molecule has 2 heterocycles. The monoisotopic (exact) mass is 483 g/mol. The van der Waals surface area contributed by atoms with E-state index >= 15 is 0 Å². The van der Waals surface area contributed by atoms with Crippen molar-refractivity contribution in [1.82, 2.24) is 20.9 Å². The van der Waals surface area contributed by atoms with Gasteiger partial charge in [0, 0.05) is 24.8 Å². The van der Waals surface area contributed by atoms with Crippen molar-refractivity contribution in [2.75, 3.05) is 30.9 Å². The predicted molar refractivity (Wildman–Crippen MR) is 117 cm³/mol. The molecule has 0 saturated carbocycles. The Morgan fingerprint density at radius 1 is 1.33 bits per heavy atom. The van der Waals surface area contributed by atoms with E-state index in [9.17, 15) is 17.2 Å². The van der Waals surface area contributed by atoms with Gasteiger partial charge in [-0.2, -0.15) is 4.39 Å². The van der Waals surface area contributed by atoms with Crippen LogP contribution in [0.4, 0.5) is 13.9 Å². The van der Waals surface area contributed by atoms with E-state index in [-0.39, 0.29) is 11.6 Å². The maximum atomic E-state index is 14.6. The van der Waals surface area contributed by atoms with Crippen molar-refractivity contribution in [2.24, 2.45) is 0 Å². The fourth-order valence-corrected chi connectivity index (χ4v) is 6.30. The van der Waals surface area contributed by atoms with E-state index in [2.05, 4.69) is 25.7 Å². The smallest absolute Gasteiger partial charge is 0.240 e. The average Bonchev–Trinajstić information content (AvgIpc) is 3.34. The second-order valence-corrected chi connectivity index (χ2v) is 11.0. The highest BCUT2D eigenvalue weighted by atomic mass is 35.5. The van der Waals surface area contributed by atoms with Gasteiger partial charge in [0.1, 0.15) is 11.4 Å². The molecule has 3 rings (SSSR count). The van der Waals surface area contributed by atoms with Gasteiger partial charge < -0.3 is 16.0 Å². The first-order valence-corrected chi connectivity index (χ1v) is 13.0. The molecule has 0 aromatic carbocycles. The van der Waals surface area contributed by atoms with E-state index in [1.165, 1.54) is 18.9 Å². The van der Waals surface area contributed by atoms with E-state index in [4.69, 9.17) is 11.6 Å². The van der Waals surface area contributed by atoms with Gasteiger partial charge in [-0.25, -0.2) is 17.8 Å². The van der Waals surface area contributed by atoms with E-state index < -0.39 is 32.0 Å². The van der Waals surface area contributed by atoms with Crippen molar-refractivity contribution in [3.8, 4) is 0 Å². The zero-order valence-electron chi connectivity index (χ0n) is 16.5. The first-order chi connectivity index (χ1) is 14.3. The molecule has 2 unspecified atom stereocenters. The van der Waals surface area contributed by atoms with Crippen LogP contribution in [0, 0.1) is 5.13 Å². The summed E-state index contributed by atoms with van der Waals surface area (Å²) in [6.45, 7) is 3.63. The molecule has 0 amide bonds. The van der Waals surface area contributed by atoms with Crippen molar-refractivity contribution in [1.29, 1.82) is 0 Å². The zero-order valence-corrected chi connectivity index (χ0v) is 18.9. The molecule has 4 N–H and O–H groups in total. The van der Waals surface area contributed by atoms with Crippen LogP contribution in [0.15, 0.2) is 18.0 Å². The maximum Gasteiger partial charge on any atom is 0.240 e. The number of anilines is 1. The molecule has 4 atom stereocenters. The normalized spacial score (nSPS) is 27.1. The van der Waals surface area contributed by atoms with Crippen LogP contribution in [0.1, 0.15) is 32.1 Å². The van der Waals surface area contributed by atoms with E-state index in [0.717, 1.165) is 38.7 Å². The van der Waals surface area contributed by atoms with Gasteiger partial charge >= 0.3 is 0 Å². The van der Waals surface area contributed by atoms with Gasteiger partial charge in [-0.1, -0.05) is 11.3 Å². The average molecular weight is 484 g/mol. The minimum atomic E-state index is -4.09. The molecule has 1 aliphatic heterocycles. The Balaban J connectivity index is 1.40. The summed E-state index contributed by atoms with van der Waals surface area (Å²) in [6.07, 6.45) is 4.67. The van der Waals surface area contributed by atoms with E-state index in [1.54, 1.807) is 0 Å². The summed E-state index contributed by atoms with van der Waals surface area (Å²) in [7, 11) is -4.09. The van der Waals surface area contributed by atoms with Crippen LogP contribution in [0.25, 0.3) is 0 Å². The second-order valence-electron chi connectivity index (χ2n) is 7.56. The molecule has 170 valence electrons. The van der Waals surface area contributed by atoms with Gasteiger partial charge in [0.05, 0.1) is 11.6 Å². The highest BCUT2D eigenvalue weighted by Crippen LogP contribution is 2.30. The van der Waals surface area contributed by atoms with E-state index in [0.29, 0.717) is 29.6 Å². The van der Waals surface area contributed by atoms with Crippen LogP contribution >= 0.6 is 22.9 Å². The number of halogens is 3. The largest absolute Gasteiger partial charge is 0.387 e. The van der Waals surface area contributed by atoms with Gasteiger partial charge in [-0.15, -0.1) is 11.6 Å². The fraction of sp³-hybridized carbons (Fsp3) is 0.722. The standard InChI is InChI=1S/C18H28ClF2N5O2S2/c19-13-8-16(30(27,28)26-18-25-11-17(21)29-18)14(20)9-15(13)24-6-2-1-5-22-10-12-4-3-7-23-12/h9,11-14,16,22-24H,1-8,10H2,(H,25,26)/t12-,13?,14+,16?/m1/s1. The first kappa shape index (κ1) is 23.6. The Hall–Kier alpha value is -1.01. The SMILES string of the molecule is O=S(=O)(Nc1ncc(F)s1)C1CC(Cl)C(NCCCCNC[C@H]2CCCN2)=C[C@@H]1F. The number of unbranched alkanes of at least 4 members (excludes halogenated alkanes) is 1. The van der Waals surface area contributed by atoms with Crippen LogP contribution in [-0.2, 0) is 10.0 Å². The van der Waals surface area contributed by atoms with Gasteiger partial charge in [0.2, 0.25) is 10.0 Å². The Morgan fingerprint density at radius 3 is 2.83 bits per heavy atom. The Morgan fingerprint density at radius 2 is 2.13 bits per heavy atom. The molecule has 1 saturated heterocycles. The maximum absolute atomic E-state index is 14.6. The van der Waals surface area contributed by atoms with Crippen LogP contribution in [0.5, 0.6) is 0 Å². The Kier molecular flexibility index (Phi) is 8.70. The quantitative estimate of drug-likeness (QED) is 0.285. The summed E-state index contributed by atoms with van der Waals surface area (Å²) < 4.78 is 54.7. The Labute approximate surface area is 185 Å². The van der Waals surface area contributed by atoms with Crippen LogP contribution in [-0.4, -0.2) is 62.4 Å². The summed E-state index contributed by atoms with van der Waals surface area (Å²) in [5.74, 6) is 0. The molecule has 2 aliphatic rings. The number of allylic oxidation sites excluding steroid dienone is 2. The molecule has 1 fully saturated rings. The summed E-state index contributed by atoms with van der Waals surface area (Å²) in [5.41, 5.74) is 0.513. The number of hydrogen-bond donors (Lipinski definition) is 4. The molecular formula is C18H28ClF2N5O2S2. The minimum Gasteiger partial charge on any atom is -0.387 e. The second kappa shape index (κ2) is 11.0. The third-order valence-electron chi connectivity index (χ3n) is 5.24. The first-order valence-electron chi connectivity index (χ1n) is 10.2. The number of rotatable bonds is 11. The number of aromatic nitrogens is 1. The topological polar surface area (TPSA) is 95.2 Å². The van der Waals surface area contributed by atoms with Crippen molar-refractivity contribution < 1.29 is 17.2 Å². The predicted octanol–water partition coefficient (Wildman–Crippen LogP) is 2.34. The number of hydrogen-bond acceptors (Lipinski definition) is 7. The molecule has 7 nitrogen and oxygen atoms in total. The highest BCUT2D eigenvalue weighted by Gasteiger charge is 2.39. The zero-order chi connectivity index (χ0) is 21.6. The van der Waals surface area contributed by atoms with Crippen molar-refractivity contribution >= 4 is 38.1 Å².